The van der Waals surface area contributed by atoms with Gasteiger partial charge in [-0.25, -0.2) is 9.97 Å². The molecule has 7 nitrogen and oxygen atoms in total. The molecule has 0 atom stereocenters. The molecule has 0 radical (unpaired) electrons. The van der Waals surface area contributed by atoms with Crippen molar-refractivity contribution in [2.24, 2.45) is 0 Å². The number of ether oxygens (including phenoxy) is 3. The summed E-state index contributed by atoms with van der Waals surface area (Å²) in [5, 5.41) is 5.34. The molecule has 0 bridgehead atoms. The number of aromatic nitrogens is 2. The van der Waals surface area contributed by atoms with E-state index in [2.05, 4.69) is 15.3 Å². The van der Waals surface area contributed by atoms with Gasteiger partial charge in [0, 0.05) is 17.1 Å². The average Bonchev–Trinajstić information content (AvgIpc) is 3.17. The first-order valence-corrected chi connectivity index (χ1v) is 9.98. The Hall–Kier alpha value is -2.84. The number of carbonyl (C=O) groups excluding carboxylic acids is 1. The number of halogens is 1. The van der Waals surface area contributed by atoms with Gasteiger partial charge in [0.2, 0.25) is 5.88 Å². The normalized spacial score (nSPS) is 10.7. The Morgan fingerprint density at radius 1 is 1.17 bits per heavy atom. The smallest absolute Gasteiger partial charge is 0.259 e. The number of rotatable bonds is 7. The average molecular weight is 434 g/mol. The highest BCUT2D eigenvalue weighted by Crippen LogP contribution is 2.33. The number of benzene rings is 1. The standard InChI is InChI=1S/C20H20ClN3O4S/c1-11(2)28-19-14(21)7-13(9-22-19)18(25)24-20-23-15(10-29-20)12-5-6-16(26-3)17(8-12)27-4/h5-11H,1-4H3,(H,23,24,25). The Balaban J connectivity index is 1.75. The zero-order valence-electron chi connectivity index (χ0n) is 16.4. The zero-order chi connectivity index (χ0) is 21.0. The molecular weight excluding hydrogens is 414 g/mol. The molecule has 1 N–H and O–H groups in total. The van der Waals surface area contributed by atoms with Crippen LogP contribution < -0.4 is 19.5 Å². The minimum absolute atomic E-state index is 0.0648. The second-order valence-electron chi connectivity index (χ2n) is 6.24. The van der Waals surface area contributed by atoms with E-state index in [0.717, 1.165) is 5.56 Å². The molecule has 2 aromatic heterocycles. The monoisotopic (exact) mass is 433 g/mol. The van der Waals surface area contributed by atoms with Crippen LogP contribution in [0.5, 0.6) is 17.4 Å². The number of pyridine rings is 1. The largest absolute Gasteiger partial charge is 0.493 e. The van der Waals surface area contributed by atoms with E-state index >= 15 is 0 Å². The quantitative estimate of drug-likeness (QED) is 0.569. The Morgan fingerprint density at radius 2 is 1.93 bits per heavy atom. The molecule has 2 heterocycles. The molecule has 0 saturated carbocycles. The van der Waals surface area contributed by atoms with E-state index < -0.39 is 0 Å². The lowest BCUT2D eigenvalue weighted by Crippen LogP contribution is -2.13. The summed E-state index contributed by atoms with van der Waals surface area (Å²) in [7, 11) is 3.15. The third-order valence-electron chi connectivity index (χ3n) is 3.82. The molecule has 3 aromatic rings. The van der Waals surface area contributed by atoms with Gasteiger partial charge in [-0.05, 0) is 38.1 Å². The molecule has 1 aromatic carbocycles. The van der Waals surface area contributed by atoms with E-state index in [1.807, 2.05) is 31.4 Å². The predicted octanol–water partition coefficient (Wildman–Crippen LogP) is 4.92. The Labute approximate surface area is 177 Å². The molecule has 152 valence electrons. The van der Waals surface area contributed by atoms with E-state index in [-0.39, 0.29) is 17.0 Å². The third kappa shape index (κ3) is 4.96. The van der Waals surface area contributed by atoms with E-state index in [9.17, 15) is 4.79 Å². The summed E-state index contributed by atoms with van der Waals surface area (Å²) < 4.78 is 16.1. The Kier molecular flexibility index (Phi) is 6.56. The molecule has 0 saturated heterocycles. The number of hydrogen-bond donors (Lipinski definition) is 1. The van der Waals surface area contributed by atoms with Crippen molar-refractivity contribution in [1.82, 2.24) is 9.97 Å². The maximum absolute atomic E-state index is 12.5. The highest BCUT2D eigenvalue weighted by molar-refractivity contribution is 7.14. The van der Waals surface area contributed by atoms with Gasteiger partial charge in [-0.15, -0.1) is 11.3 Å². The van der Waals surface area contributed by atoms with Crippen LogP contribution in [0.2, 0.25) is 5.02 Å². The SMILES string of the molecule is COc1ccc(-c2csc(NC(=O)c3cnc(OC(C)C)c(Cl)c3)n2)cc1OC. The van der Waals surface area contributed by atoms with Crippen LogP contribution in [0.1, 0.15) is 24.2 Å². The number of amides is 1. The molecule has 29 heavy (non-hydrogen) atoms. The first kappa shape index (κ1) is 20.9. The minimum Gasteiger partial charge on any atom is -0.493 e. The number of nitrogens with one attached hydrogen (secondary N) is 1. The van der Waals surface area contributed by atoms with Gasteiger partial charge in [-0.3, -0.25) is 10.1 Å². The molecule has 3 rings (SSSR count). The van der Waals surface area contributed by atoms with Crippen molar-refractivity contribution in [1.29, 1.82) is 0 Å². The topological polar surface area (TPSA) is 82.6 Å². The maximum atomic E-state index is 12.5. The van der Waals surface area contributed by atoms with Crippen LogP contribution >= 0.6 is 22.9 Å². The van der Waals surface area contributed by atoms with Crippen LogP contribution in [0.3, 0.4) is 0 Å². The van der Waals surface area contributed by atoms with Crippen LogP contribution in [0.4, 0.5) is 5.13 Å². The van der Waals surface area contributed by atoms with Gasteiger partial charge in [0.1, 0.15) is 5.02 Å². The molecule has 0 unspecified atom stereocenters. The van der Waals surface area contributed by atoms with E-state index in [4.69, 9.17) is 25.8 Å². The fourth-order valence-electron chi connectivity index (χ4n) is 2.49. The van der Waals surface area contributed by atoms with Crippen LogP contribution in [-0.4, -0.2) is 36.2 Å². The summed E-state index contributed by atoms with van der Waals surface area (Å²) in [6, 6.07) is 7.03. The molecule has 0 aliphatic rings. The lowest BCUT2D eigenvalue weighted by molar-refractivity contribution is 0.102. The van der Waals surface area contributed by atoms with Gasteiger partial charge in [-0.1, -0.05) is 11.6 Å². The van der Waals surface area contributed by atoms with Crippen molar-refractivity contribution >= 4 is 34.0 Å². The molecule has 1 amide bonds. The van der Waals surface area contributed by atoms with Gasteiger partial charge in [0.15, 0.2) is 16.6 Å². The van der Waals surface area contributed by atoms with E-state index in [0.29, 0.717) is 33.8 Å². The summed E-state index contributed by atoms with van der Waals surface area (Å²) in [6.07, 6.45) is 1.35. The van der Waals surface area contributed by atoms with Crippen LogP contribution in [-0.2, 0) is 0 Å². The number of methoxy groups -OCH3 is 2. The van der Waals surface area contributed by atoms with Crippen molar-refractivity contribution in [2.45, 2.75) is 20.0 Å². The number of hydrogen-bond acceptors (Lipinski definition) is 7. The van der Waals surface area contributed by atoms with Crippen LogP contribution in [0.25, 0.3) is 11.3 Å². The molecule has 9 heteroatoms. The second-order valence-corrected chi connectivity index (χ2v) is 7.50. The summed E-state index contributed by atoms with van der Waals surface area (Å²) in [4.78, 5) is 21.1. The number of anilines is 1. The van der Waals surface area contributed by atoms with Gasteiger partial charge < -0.3 is 14.2 Å². The lowest BCUT2D eigenvalue weighted by atomic mass is 10.1. The Morgan fingerprint density at radius 3 is 2.59 bits per heavy atom. The predicted molar refractivity (Wildman–Crippen MR) is 114 cm³/mol. The Bertz CT molecular complexity index is 1020. The molecule has 0 aliphatic carbocycles. The van der Waals surface area contributed by atoms with Crippen molar-refractivity contribution in [3.05, 3.63) is 46.4 Å². The minimum atomic E-state index is -0.358. The summed E-state index contributed by atoms with van der Waals surface area (Å²) in [5.41, 5.74) is 1.87. The highest BCUT2D eigenvalue weighted by atomic mass is 35.5. The highest BCUT2D eigenvalue weighted by Gasteiger charge is 2.15. The third-order valence-corrected chi connectivity index (χ3v) is 4.85. The molecule has 0 spiro atoms. The second kappa shape index (κ2) is 9.11. The number of nitrogens with zero attached hydrogens (tertiary/aromatic N) is 2. The summed E-state index contributed by atoms with van der Waals surface area (Å²) in [5.74, 6) is 1.18. The summed E-state index contributed by atoms with van der Waals surface area (Å²) >= 11 is 7.47. The lowest BCUT2D eigenvalue weighted by Gasteiger charge is -2.10. The van der Waals surface area contributed by atoms with Crippen molar-refractivity contribution < 1.29 is 19.0 Å². The van der Waals surface area contributed by atoms with Crippen LogP contribution in [0, 0.1) is 0 Å². The fraction of sp³-hybridized carbons (Fsp3) is 0.250. The van der Waals surface area contributed by atoms with Crippen LogP contribution in [0.15, 0.2) is 35.8 Å². The molecular formula is C20H20ClN3O4S. The van der Waals surface area contributed by atoms with Crippen molar-refractivity contribution in [3.8, 4) is 28.6 Å². The van der Waals surface area contributed by atoms with Gasteiger partial charge in [0.25, 0.3) is 5.91 Å². The maximum Gasteiger partial charge on any atom is 0.259 e. The first-order valence-electron chi connectivity index (χ1n) is 8.72. The zero-order valence-corrected chi connectivity index (χ0v) is 17.9. The molecule has 0 aliphatic heterocycles. The van der Waals surface area contributed by atoms with Gasteiger partial charge in [0.05, 0.1) is 31.6 Å². The van der Waals surface area contributed by atoms with Crippen molar-refractivity contribution in [3.63, 3.8) is 0 Å². The summed E-state index contributed by atoms with van der Waals surface area (Å²) in [6.45, 7) is 3.74. The van der Waals surface area contributed by atoms with Gasteiger partial charge >= 0.3 is 0 Å². The number of thiazole rings is 1. The first-order chi connectivity index (χ1) is 13.9. The molecule has 0 fully saturated rings. The van der Waals surface area contributed by atoms with E-state index in [1.54, 1.807) is 20.3 Å². The van der Waals surface area contributed by atoms with Gasteiger partial charge in [-0.2, -0.15) is 0 Å². The van der Waals surface area contributed by atoms with Crippen molar-refractivity contribution in [2.75, 3.05) is 19.5 Å². The number of carbonyl (C=O) groups is 1. The van der Waals surface area contributed by atoms with E-state index in [1.165, 1.54) is 23.6 Å². The fourth-order valence-corrected chi connectivity index (χ4v) is 3.41.